The van der Waals surface area contributed by atoms with Gasteiger partial charge >= 0.3 is 5.97 Å². The highest BCUT2D eigenvalue weighted by molar-refractivity contribution is 5.91. The molecule has 0 saturated carbocycles. The van der Waals surface area contributed by atoms with Crippen molar-refractivity contribution in [2.45, 2.75) is 64.5 Å². The molecule has 2 N–H and O–H groups in total. The van der Waals surface area contributed by atoms with Crippen LogP contribution in [0.5, 0.6) is 0 Å². The number of hydrogen-bond acceptors (Lipinski definition) is 7. The van der Waals surface area contributed by atoms with Crippen molar-refractivity contribution in [2.24, 2.45) is 0 Å². The average molecular weight is 508 g/mol. The van der Waals surface area contributed by atoms with Gasteiger partial charge in [0.05, 0.1) is 35.1 Å². The Hall–Kier alpha value is -3.63. The molecule has 3 aromatic rings. The zero-order chi connectivity index (χ0) is 26.4. The van der Waals surface area contributed by atoms with E-state index in [1.165, 1.54) is 10.6 Å². The molecule has 1 fully saturated rings. The summed E-state index contributed by atoms with van der Waals surface area (Å²) in [5.41, 5.74) is 1.09. The minimum atomic E-state index is -1.96. The van der Waals surface area contributed by atoms with Crippen molar-refractivity contribution in [1.82, 2.24) is 14.5 Å². The van der Waals surface area contributed by atoms with E-state index in [1.54, 1.807) is 30.9 Å². The monoisotopic (exact) mass is 507 g/mol. The van der Waals surface area contributed by atoms with Crippen molar-refractivity contribution in [1.29, 1.82) is 0 Å². The minimum absolute atomic E-state index is 0.0197. The number of hydrogen-bond donors (Lipinski definition) is 2. The Morgan fingerprint density at radius 2 is 2.00 bits per heavy atom. The van der Waals surface area contributed by atoms with Gasteiger partial charge in [-0.2, -0.15) is 0 Å². The molecule has 0 spiro atoms. The number of aryl methyl sites for hydroxylation is 1. The number of carbonyl (C=O) groups excluding carboxylic acids is 2. The van der Waals surface area contributed by atoms with Gasteiger partial charge in [-0.15, -0.1) is 0 Å². The molecular formula is C27H26FN3O6. The predicted octanol–water partition coefficient (Wildman–Crippen LogP) is 2.18. The van der Waals surface area contributed by atoms with Gasteiger partial charge in [0.2, 0.25) is 0 Å². The molecule has 1 saturated heterocycles. The number of esters is 1. The number of ether oxygens (including phenoxy) is 1. The van der Waals surface area contributed by atoms with E-state index < -0.39 is 35.1 Å². The zero-order valence-corrected chi connectivity index (χ0v) is 20.7. The minimum Gasteiger partial charge on any atom is -0.458 e. The SMILES string of the molecule is CC[C@@]1(O)C(=O)OCc2c1cc1n(c2=O)Cc2c-1nc1cc(F)c(C)cc1c2[C@H](C)N1CC[C@@H](O)C1=O. The fourth-order valence-corrected chi connectivity index (χ4v) is 5.94. The quantitative estimate of drug-likeness (QED) is 0.408. The number of aliphatic hydroxyl groups excluding tert-OH is 1. The van der Waals surface area contributed by atoms with Crippen LogP contribution in [-0.2, 0) is 33.1 Å². The van der Waals surface area contributed by atoms with Crippen LogP contribution < -0.4 is 5.56 Å². The third kappa shape index (κ3) is 3.15. The second-order valence-electron chi connectivity index (χ2n) is 10.1. The summed E-state index contributed by atoms with van der Waals surface area (Å²) in [5, 5.41) is 21.9. The normalized spacial score (nSPS) is 23.2. The summed E-state index contributed by atoms with van der Waals surface area (Å²) in [6.07, 6.45) is -0.733. The molecule has 3 atom stereocenters. The van der Waals surface area contributed by atoms with Gasteiger partial charge in [-0.25, -0.2) is 14.2 Å². The first kappa shape index (κ1) is 23.7. The first-order valence-corrected chi connectivity index (χ1v) is 12.3. The largest absolute Gasteiger partial charge is 0.458 e. The van der Waals surface area contributed by atoms with Crippen LogP contribution in [0.4, 0.5) is 4.39 Å². The molecule has 3 aliphatic heterocycles. The Morgan fingerprint density at radius 3 is 2.68 bits per heavy atom. The maximum absolute atomic E-state index is 14.6. The predicted molar refractivity (Wildman–Crippen MR) is 130 cm³/mol. The number of nitrogens with zero attached hydrogens (tertiary/aromatic N) is 3. The van der Waals surface area contributed by atoms with Crippen LogP contribution in [0.15, 0.2) is 23.0 Å². The molecule has 0 aliphatic carbocycles. The van der Waals surface area contributed by atoms with Crippen LogP contribution >= 0.6 is 0 Å². The fraction of sp³-hybridized carbons (Fsp3) is 0.407. The summed E-state index contributed by atoms with van der Waals surface area (Å²) in [6, 6.07) is 4.15. The number of aromatic nitrogens is 2. The molecule has 1 aromatic carbocycles. The van der Waals surface area contributed by atoms with Crippen molar-refractivity contribution in [3.63, 3.8) is 0 Å². The second kappa shape index (κ2) is 7.93. The molecule has 10 heteroatoms. The number of amides is 1. The van der Waals surface area contributed by atoms with Gasteiger partial charge in [0.15, 0.2) is 5.60 Å². The first-order chi connectivity index (χ1) is 17.6. The summed E-state index contributed by atoms with van der Waals surface area (Å²) in [5.74, 6) is -1.62. The number of pyridine rings is 2. The number of carbonyl (C=O) groups is 2. The average Bonchev–Trinajstić information content (AvgIpc) is 3.40. The Morgan fingerprint density at radius 1 is 1.24 bits per heavy atom. The molecule has 2 aromatic heterocycles. The smallest absolute Gasteiger partial charge is 0.343 e. The molecule has 6 rings (SSSR count). The highest BCUT2D eigenvalue weighted by Gasteiger charge is 2.46. The Labute approximate surface area is 211 Å². The topological polar surface area (TPSA) is 122 Å². The van der Waals surface area contributed by atoms with Gasteiger partial charge < -0.3 is 24.4 Å². The number of cyclic esters (lactones) is 1. The van der Waals surface area contributed by atoms with E-state index in [-0.39, 0.29) is 36.6 Å². The van der Waals surface area contributed by atoms with Gasteiger partial charge in [0, 0.05) is 29.1 Å². The molecule has 0 bridgehead atoms. The van der Waals surface area contributed by atoms with E-state index in [4.69, 9.17) is 9.72 Å². The lowest BCUT2D eigenvalue weighted by Crippen LogP contribution is -2.44. The number of fused-ring (bicyclic) bond motifs is 5. The maximum atomic E-state index is 14.6. The van der Waals surface area contributed by atoms with Crippen molar-refractivity contribution in [3.05, 3.63) is 62.2 Å². The van der Waals surface area contributed by atoms with E-state index in [2.05, 4.69) is 0 Å². The van der Waals surface area contributed by atoms with Crippen molar-refractivity contribution in [2.75, 3.05) is 6.54 Å². The van der Waals surface area contributed by atoms with Crippen LogP contribution in [0.1, 0.15) is 60.5 Å². The number of likely N-dealkylation sites (tertiary alicyclic amines) is 1. The number of rotatable bonds is 3. The van der Waals surface area contributed by atoms with Crippen LogP contribution in [-0.4, -0.2) is 49.2 Å². The zero-order valence-electron chi connectivity index (χ0n) is 20.7. The van der Waals surface area contributed by atoms with Gasteiger partial charge in [-0.05, 0) is 49.9 Å². The molecular weight excluding hydrogens is 481 g/mol. The number of aliphatic hydroxyl groups is 2. The molecule has 0 radical (unpaired) electrons. The van der Waals surface area contributed by atoms with E-state index in [0.29, 0.717) is 46.4 Å². The van der Waals surface area contributed by atoms with E-state index in [1.807, 2.05) is 6.92 Å². The van der Waals surface area contributed by atoms with E-state index in [0.717, 1.165) is 5.56 Å². The standard InChI is InChI=1S/C27H26FN3O6/c1-4-27(36)17-8-20-23-15(10-31(20)24(33)16(17)11-37-26(27)35)22(13(3)30-6-5-21(32)25(30)34)14-7-12(2)18(28)9-19(14)29-23/h7-9,13,21,32,36H,4-6,10-11H2,1-3H3/t13-,21+,27-/m0/s1. The van der Waals surface area contributed by atoms with Crippen LogP contribution in [0.25, 0.3) is 22.3 Å². The van der Waals surface area contributed by atoms with E-state index in [9.17, 15) is 29.0 Å². The summed E-state index contributed by atoms with van der Waals surface area (Å²) < 4.78 is 21.3. The highest BCUT2D eigenvalue weighted by atomic mass is 19.1. The third-order valence-corrected chi connectivity index (χ3v) is 8.11. The molecule has 3 aliphatic rings. The van der Waals surface area contributed by atoms with E-state index >= 15 is 0 Å². The number of halogens is 1. The molecule has 9 nitrogen and oxygen atoms in total. The Bertz CT molecular complexity index is 1600. The molecule has 192 valence electrons. The maximum Gasteiger partial charge on any atom is 0.343 e. The Balaban J connectivity index is 1.64. The summed E-state index contributed by atoms with van der Waals surface area (Å²) in [4.78, 5) is 45.1. The van der Waals surface area contributed by atoms with Crippen LogP contribution in [0.2, 0.25) is 0 Å². The first-order valence-electron chi connectivity index (χ1n) is 12.3. The summed E-state index contributed by atoms with van der Waals surface area (Å²) in [6.45, 7) is 5.41. The molecule has 1 amide bonds. The lowest BCUT2D eigenvalue weighted by atomic mass is 9.86. The van der Waals surface area contributed by atoms with Gasteiger partial charge in [0.25, 0.3) is 11.5 Å². The third-order valence-electron chi connectivity index (χ3n) is 8.11. The van der Waals surface area contributed by atoms with Gasteiger partial charge in [-0.3, -0.25) is 9.59 Å². The highest BCUT2D eigenvalue weighted by Crippen LogP contribution is 2.43. The lowest BCUT2D eigenvalue weighted by molar-refractivity contribution is -0.172. The summed E-state index contributed by atoms with van der Waals surface area (Å²) in [7, 11) is 0. The van der Waals surface area contributed by atoms with Crippen LogP contribution in [0.3, 0.4) is 0 Å². The summed E-state index contributed by atoms with van der Waals surface area (Å²) >= 11 is 0. The molecule has 5 heterocycles. The van der Waals surface area contributed by atoms with Gasteiger partial charge in [0.1, 0.15) is 18.5 Å². The van der Waals surface area contributed by atoms with Gasteiger partial charge in [-0.1, -0.05) is 6.92 Å². The molecule has 37 heavy (non-hydrogen) atoms. The molecule has 0 unspecified atom stereocenters. The lowest BCUT2D eigenvalue weighted by Gasteiger charge is -2.31. The number of benzene rings is 1. The van der Waals surface area contributed by atoms with Crippen molar-refractivity contribution >= 4 is 22.8 Å². The van der Waals surface area contributed by atoms with Crippen molar-refractivity contribution < 1.29 is 28.9 Å². The Kier molecular flexibility index (Phi) is 5.09. The fourth-order valence-electron chi connectivity index (χ4n) is 5.94. The second-order valence-corrected chi connectivity index (χ2v) is 10.1. The van der Waals surface area contributed by atoms with Crippen LogP contribution in [0, 0.1) is 12.7 Å². The van der Waals surface area contributed by atoms with Crippen molar-refractivity contribution in [3.8, 4) is 11.4 Å².